The maximum atomic E-state index is 15.2. The molecule has 1 aliphatic heterocycles. The predicted octanol–water partition coefficient (Wildman–Crippen LogP) is 2.14. The number of H-pyrrole nitrogens is 1. The van der Waals surface area contributed by atoms with E-state index in [2.05, 4.69) is 24.8 Å². The highest BCUT2D eigenvalue weighted by Gasteiger charge is 2.44. The average Bonchev–Trinajstić information content (AvgIpc) is 3.70. The Balaban J connectivity index is 1.36. The second kappa shape index (κ2) is 11.8. The van der Waals surface area contributed by atoms with Crippen LogP contribution in [0, 0.1) is 11.7 Å². The summed E-state index contributed by atoms with van der Waals surface area (Å²) in [6.07, 6.45) is 4.52. The molecule has 15 nitrogen and oxygen atoms in total. The van der Waals surface area contributed by atoms with Crippen LogP contribution in [0.1, 0.15) is 32.5 Å². The number of aryl methyl sites for hydroxylation is 1. The van der Waals surface area contributed by atoms with Crippen molar-refractivity contribution in [3.8, 4) is 11.8 Å². The second-order valence-electron chi connectivity index (χ2n) is 11.3. The summed E-state index contributed by atoms with van der Waals surface area (Å²) in [5.74, 6) is -2.43. The molecule has 1 saturated carbocycles. The summed E-state index contributed by atoms with van der Waals surface area (Å²) < 4.78 is 31.1. The molecule has 3 aromatic heterocycles. The van der Waals surface area contributed by atoms with Crippen molar-refractivity contribution in [3.63, 3.8) is 0 Å². The number of aromatic amines is 1. The first-order valence-electron chi connectivity index (χ1n) is 14.4. The number of halogens is 1. The Morgan fingerprint density at radius 3 is 2.62 bits per heavy atom. The molecular formula is C29H33FN8O7. The number of anilines is 2. The summed E-state index contributed by atoms with van der Waals surface area (Å²) in [4.78, 5) is 48.5. The Morgan fingerprint density at radius 1 is 1.22 bits per heavy atom. The zero-order valence-electron chi connectivity index (χ0n) is 24.9. The summed E-state index contributed by atoms with van der Waals surface area (Å²) in [7, 11) is 1.38. The molecule has 4 aromatic rings. The van der Waals surface area contributed by atoms with E-state index < -0.39 is 36.9 Å². The van der Waals surface area contributed by atoms with Gasteiger partial charge in [0.05, 0.1) is 29.0 Å². The summed E-state index contributed by atoms with van der Waals surface area (Å²) >= 11 is 0. The third-order valence-electron chi connectivity index (χ3n) is 8.31. The van der Waals surface area contributed by atoms with Crippen LogP contribution in [0.15, 0.2) is 24.5 Å². The Bertz CT molecular complexity index is 1760. The predicted molar refractivity (Wildman–Crippen MR) is 158 cm³/mol. The minimum absolute atomic E-state index is 0.0327. The number of ether oxygens (including phenoxy) is 3. The number of carbonyl (C=O) groups is 2. The van der Waals surface area contributed by atoms with E-state index in [1.165, 1.54) is 13.1 Å². The monoisotopic (exact) mass is 624 g/mol. The molecular weight excluding hydrogens is 591 g/mol. The zero-order valence-corrected chi connectivity index (χ0v) is 24.9. The normalized spacial score (nSPS) is 19.4. The number of nitrogens with one attached hydrogen (secondary N) is 1. The van der Waals surface area contributed by atoms with Gasteiger partial charge in [-0.2, -0.15) is 9.97 Å². The van der Waals surface area contributed by atoms with Gasteiger partial charge in [-0.05, 0) is 30.9 Å². The molecule has 4 heterocycles. The van der Waals surface area contributed by atoms with Crippen LogP contribution in [0.3, 0.4) is 0 Å². The minimum atomic E-state index is -2.72. The number of ketones is 1. The quantitative estimate of drug-likeness (QED) is 0.148. The number of Topliss-reactive ketones (excluding diaryl/α,β-unsaturated/α-hetero) is 1. The molecule has 6 rings (SSSR count). The lowest BCUT2D eigenvalue weighted by Gasteiger charge is -2.31. The molecule has 5 N–H and O–H groups in total. The zero-order chi connectivity index (χ0) is 32.0. The number of carbonyl (C=O) groups excluding carboxylic acids is 2. The van der Waals surface area contributed by atoms with Gasteiger partial charge in [-0.1, -0.05) is 6.92 Å². The Kier molecular flexibility index (Phi) is 7.98. The Morgan fingerprint density at radius 2 is 1.98 bits per heavy atom. The van der Waals surface area contributed by atoms with E-state index in [0.717, 1.165) is 30.7 Å². The lowest BCUT2D eigenvalue weighted by Crippen LogP contribution is -2.42. The minimum Gasteiger partial charge on any atom is -0.422 e. The molecule has 3 atom stereocenters. The highest BCUT2D eigenvalue weighted by Crippen LogP contribution is 2.44. The molecule has 1 aromatic carbocycles. The highest BCUT2D eigenvalue weighted by molar-refractivity contribution is 6.16. The third-order valence-corrected chi connectivity index (χ3v) is 8.31. The van der Waals surface area contributed by atoms with E-state index in [9.17, 15) is 19.8 Å². The number of nitrogens with zero attached hydrogens (tertiary/aromatic N) is 6. The summed E-state index contributed by atoms with van der Waals surface area (Å²) in [6.45, 7) is 2.09. The van der Waals surface area contributed by atoms with Gasteiger partial charge in [0.25, 0.3) is 0 Å². The molecule has 238 valence electrons. The number of hydrogen-bond donors (Lipinski definition) is 4. The second-order valence-corrected chi connectivity index (χ2v) is 11.3. The smallest absolute Gasteiger partial charge is 0.416 e. The molecule has 2 aliphatic rings. The largest absolute Gasteiger partial charge is 0.422 e. The lowest BCUT2D eigenvalue weighted by atomic mass is 10.0. The van der Waals surface area contributed by atoms with Crippen molar-refractivity contribution in [2.45, 2.75) is 51.0 Å². The van der Waals surface area contributed by atoms with Crippen LogP contribution in [0.2, 0.25) is 0 Å². The van der Waals surface area contributed by atoms with E-state index in [1.54, 1.807) is 12.4 Å². The van der Waals surface area contributed by atoms with Gasteiger partial charge in [-0.15, -0.1) is 0 Å². The van der Waals surface area contributed by atoms with Crippen LogP contribution < -0.4 is 20.3 Å². The fourth-order valence-corrected chi connectivity index (χ4v) is 5.83. The molecule has 2 fully saturated rings. The van der Waals surface area contributed by atoms with Gasteiger partial charge in [0.1, 0.15) is 29.7 Å². The van der Waals surface area contributed by atoms with E-state index >= 15 is 4.39 Å². The van der Waals surface area contributed by atoms with Crippen LogP contribution in [0.5, 0.6) is 11.8 Å². The van der Waals surface area contributed by atoms with Crippen LogP contribution in [0.4, 0.5) is 20.7 Å². The van der Waals surface area contributed by atoms with Gasteiger partial charge >= 0.3 is 12.1 Å². The van der Waals surface area contributed by atoms with Crippen molar-refractivity contribution in [1.82, 2.24) is 24.9 Å². The molecule has 3 unspecified atom stereocenters. The van der Waals surface area contributed by atoms with Gasteiger partial charge in [-0.3, -0.25) is 9.69 Å². The van der Waals surface area contributed by atoms with Gasteiger partial charge in [-0.25, -0.2) is 19.2 Å². The van der Waals surface area contributed by atoms with Crippen molar-refractivity contribution in [3.05, 3.63) is 36.2 Å². The Hall–Kier alpha value is -4.51. The van der Waals surface area contributed by atoms with Gasteiger partial charge in [0.2, 0.25) is 5.79 Å². The number of nitrogens with two attached hydrogens (primary N) is 1. The topological polar surface area (TPSA) is 202 Å². The number of hydrogen-bond acceptors (Lipinski definition) is 13. The van der Waals surface area contributed by atoms with Crippen LogP contribution >= 0.6 is 0 Å². The molecule has 1 saturated heterocycles. The third kappa shape index (κ3) is 5.84. The van der Waals surface area contributed by atoms with Gasteiger partial charge in [0, 0.05) is 44.4 Å². The maximum Gasteiger partial charge on any atom is 0.416 e. The number of aliphatic hydroxyl groups is 2. The Labute approximate surface area is 256 Å². The van der Waals surface area contributed by atoms with E-state index in [0.29, 0.717) is 52.3 Å². The summed E-state index contributed by atoms with van der Waals surface area (Å²) in [6, 6.07) is 2.77. The van der Waals surface area contributed by atoms with Gasteiger partial charge in [0.15, 0.2) is 18.3 Å². The van der Waals surface area contributed by atoms with Gasteiger partial charge < -0.3 is 40.0 Å². The van der Waals surface area contributed by atoms with E-state index in [4.69, 9.17) is 24.9 Å². The molecule has 2 bridgehead atoms. The molecule has 0 spiro atoms. The number of piperidine rings is 1. The average molecular weight is 625 g/mol. The van der Waals surface area contributed by atoms with Crippen molar-refractivity contribution < 1.29 is 38.4 Å². The first-order valence-corrected chi connectivity index (χ1v) is 14.4. The molecule has 1 amide bonds. The van der Waals surface area contributed by atoms with Crippen molar-refractivity contribution in [2.24, 2.45) is 11.7 Å². The lowest BCUT2D eigenvalue weighted by molar-refractivity contribution is -0.207. The fraction of sp³-hybridized carbons (Fsp3) is 0.448. The van der Waals surface area contributed by atoms with Crippen LogP contribution in [0.25, 0.3) is 21.9 Å². The molecule has 45 heavy (non-hydrogen) atoms. The number of amides is 1. The van der Waals surface area contributed by atoms with Crippen LogP contribution in [-0.2, 0) is 20.7 Å². The molecule has 1 aliphatic carbocycles. The highest BCUT2D eigenvalue weighted by atomic mass is 19.1. The first kappa shape index (κ1) is 30.5. The number of aromatic nitrogens is 5. The summed E-state index contributed by atoms with van der Waals surface area (Å²) in [5, 5.41) is 20.2. The van der Waals surface area contributed by atoms with Crippen LogP contribution in [-0.4, -0.2) is 91.9 Å². The standard InChI is InChI=1S/C29H33FN8O7/c1-4-22-32-9-18(10-33-22)45-27-35-25-23(26(36-27)38-11-15-5-17(38)8-20(15)31)19-6-16(30)7-21(24(19)34-25)37(3)28(40)44-13-43-12-29(41,42)14(2)39/h6-7,9-10,15,17,20,41-42H,4-5,8,11-13,31H2,1-3H3,(H,34,35,36). The number of fused-ring (bicyclic) bond motifs is 5. The first-order chi connectivity index (χ1) is 21.4. The molecule has 0 radical (unpaired) electrons. The van der Waals surface area contributed by atoms with Crippen molar-refractivity contribution in [2.75, 3.05) is 36.8 Å². The number of benzene rings is 1. The fourth-order valence-electron chi connectivity index (χ4n) is 5.83. The van der Waals surface area contributed by atoms with Crippen molar-refractivity contribution >= 4 is 45.3 Å². The van der Waals surface area contributed by atoms with E-state index in [1.807, 2.05) is 6.92 Å². The SMILES string of the molecule is CCc1ncc(Oc2nc(N3CC4CC3CC4N)c3c(n2)[nH]c2c(N(C)C(=O)OCOCC(O)(O)C(C)=O)cc(F)cc23)cn1. The summed E-state index contributed by atoms with van der Waals surface area (Å²) in [5.41, 5.74) is 7.20. The number of rotatable bonds is 10. The molecule has 16 heteroatoms. The van der Waals surface area contributed by atoms with Crippen molar-refractivity contribution in [1.29, 1.82) is 0 Å². The maximum absolute atomic E-state index is 15.2. The van der Waals surface area contributed by atoms with E-state index in [-0.39, 0.29) is 29.7 Å².